The highest BCUT2D eigenvalue weighted by atomic mass is 19.1. The van der Waals surface area contributed by atoms with Gasteiger partial charge in [-0.15, -0.1) is 0 Å². The summed E-state index contributed by atoms with van der Waals surface area (Å²) < 4.78 is 18.1. The second-order valence-electron chi connectivity index (χ2n) is 2.79. The summed E-state index contributed by atoms with van der Waals surface area (Å²) in [4.78, 5) is 10.3. The van der Waals surface area contributed by atoms with E-state index in [9.17, 15) is 9.18 Å². The average Bonchev–Trinajstić information content (AvgIpc) is 2.18. The predicted octanol–water partition coefficient (Wildman–Crippen LogP) is 2.32. The van der Waals surface area contributed by atoms with Gasteiger partial charge in [0.1, 0.15) is 11.6 Å². The van der Waals surface area contributed by atoms with Crippen molar-refractivity contribution in [3.05, 3.63) is 35.7 Å². The van der Waals surface area contributed by atoms with Gasteiger partial charge < -0.3 is 9.84 Å². The Bertz CT molecular complexity index is 385. The highest BCUT2D eigenvalue weighted by Gasteiger charge is 2.02. The highest BCUT2D eigenvalue weighted by Crippen LogP contribution is 2.21. The maximum atomic E-state index is 12.9. The lowest BCUT2D eigenvalue weighted by Gasteiger charge is -2.06. The number of aliphatic carboxylic acids is 1. The molecular weight excluding hydrogens is 199 g/mol. The van der Waals surface area contributed by atoms with Gasteiger partial charge in [-0.05, 0) is 31.2 Å². The van der Waals surface area contributed by atoms with Gasteiger partial charge in [0.05, 0.1) is 6.61 Å². The van der Waals surface area contributed by atoms with Crippen LogP contribution in [0.2, 0.25) is 0 Å². The van der Waals surface area contributed by atoms with Gasteiger partial charge in [0.2, 0.25) is 0 Å². The molecule has 0 spiro atoms. The van der Waals surface area contributed by atoms with E-state index in [0.717, 1.165) is 6.08 Å². The summed E-state index contributed by atoms with van der Waals surface area (Å²) in [6, 6.07) is 3.97. The molecule has 0 fully saturated rings. The number of carboxylic acid groups (broad SMARTS) is 1. The van der Waals surface area contributed by atoms with Gasteiger partial charge in [-0.3, -0.25) is 0 Å². The third-order valence-electron chi connectivity index (χ3n) is 1.68. The molecule has 0 heterocycles. The molecule has 0 aliphatic carbocycles. The number of ether oxygens (including phenoxy) is 1. The summed E-state index contributed by atoms with van der Waals surface area (Å²) in [5.41, 5.74) is 0.416. The Labute approximate surface area is 86.8 Å². The molecule has 0 atom stereocenters. The first-order valence-corrected chi connectivity index (χ1v) is 4.47. The molecule has 80 valence electrons. The highest BCUT2D eigenvalue weighted by molar-refractivity contribution is 5.85. The van der Waals surface area contributed by atoms with Crippen LogP contribution in [-0.2, 0) is 4.79 Å². The molecule has 1 N–H and O–H groups in total. The van der Waals surface area contributed by atoms with Crippen molar-refractivity contribution in [2.75, 3.05) is 6.61 Å². The first kappa shape index (κ1) is 11.2. The van der Waals surface area contributed by atoms with Crippen molar-refractivity contribution in [2.24, 2.45) is 0 Å². The fourth-order valence-electron chi connectivity index (χ4n) is 1.10. The zero-order chi connectivity index (χ0) is 11.3. The Kier molecular flexibility index (Phi) is 3.85. The zero-order valence-electron chi connectivity index (χ0n) is 8.24. The molecule has 0 unspecified atom stereocenters. The number of hydrogen-bond donors (Lipinski definition) is 1. The Balaban J connectivity index is 3.01. The average molecular weight is 210 g/mol. The minimum absolute atomic E-state index is 0.416. The van der Waals surface area contributed by atoms with E-state index in [4.69, 9.17) is 9.84 Å². The summed E-state index contributed by atoms with van der Waals surface area (Å²) in [6.45, 7) is 2.24. The van der Waals surface area contributed by atoms with Crippen LogP contribution in [0.5, 0.6) is 5.75 Å². The first-order valence-electron chi connectivity index (χ1n) is 4.47. The number of carbonyl (C=O) groups is 1. The molecule has 1 rings (SSSR count). The molecule has 0 aliphatic heterocycles. The van der Waals surface area contributed by atoms with E-state index in [1.165, 1.54) is 24.3 Å². The SMILES string of the molecule is CCOc1ccc(F)cc1C=CC(=O)O. The smallest absolute Gasteiger partial charge is 0.328 e. The summed E-state index contributed by atoms with van der Waals surface area (Å²) >= 11 is 0. The van der Waals surface area contributed by atoms with E-state index in [2.05, 4.69) is 0 Å². The quantitative estimate of drug-likeness (QED) is 0.776. The van der Waals surface area contributed by atoms with Crippen LogP contribution in [-0.4, -0.2) is 17.7 Å². The van der Waals surface area contributed by atoms with Gasteiger partial charge in [0.15, 0.2) is 0 Å². The Morgan fingerprint density at radius 2 is 2.33 bits per heavy atom. The minimum Gasteiger partial charge on any atom is -0.493 e. The maximum Gasteiger partial charge on any atom is 0.328 e. The summed E-state index contributed by atoms with van der Waals surface area (Å²) in [6.07, 6.45) is 2.24. The van der Waals surface area contributed by atoms with E-state index in [1.807, 2.05) is 0 Å². The van der Waals surface area contributed by atoms with Gasteiger partial charge in [-0.25, -0.2) is 9.18 Å². The van der Waals surface area contributed by atoms with Crippen LogP contribution >= 0.6 is 0 Å². The number of benzene rings is 1. The van der Waals surface area contributed by atoms with Crippen molar-refractivity contribution in [3.63, 3.8) is 0 Å². The van der Waals surface area contributed by atoms with Crippen LogP contribution in [0.3, 0.4) is 0 Å². The molecular formula is C11H11FO3. The molecule has 0 saturated heterocycles. The van der Waals surface area contributed by atoms with Crippen LogP contribution in [0.4, 0.5) is 4.39 Å². The number of hydrogen-bond acceptors (Lipinski definition) is 2. The fourth-order valence-corrected chi connectivity index (χ4v) is 1.10. The second kappa shape index (κ2) is 5.14. The largest absolute Gasteiger partial charge is 0.493 e. The Morgan fingerprint density at radius 1 is 1.60 bits per heavy atom. The topological polar surface area (TPSA) is 46.5 Å². The Hall–Kier alpha value is -1.84. The van der Waals surface area contributed by atoms with Crippen LogP contribution in [0, 0.1) is 5.82 Å². The molecule has 0 radical (unpaired) electrons. The lowest BCUT2D eigenvalue weighted by molar-refractivity contribution is -0.131. The van der Waals surface area contributed by atoms with Crippen LogP contribution < -0.4 is 4.74 Å². The molecule has 0 aromatic heterocycles. The van der Waals surface area contributed by atoms with E-state index in [1.54, 1.807) is 6.92 Å². The van der Waals surface area contributed by atoms with E-state index >= 15 is 0 Å². The van der Waals surface area contributed by atoms with Crippen molar-refractivity contribution in [3.8, 4) is 5.75 Å². The normalized spacial score (nSPS) is 10.5. The molecule has 4 heteroatoms. The van der Waals surface area contributed by atoms with Crippen molar-refractivity contribution in [1.82, 2.24) is 0 Å². The van der Waals surface area contributed by atoms with E-state index in [0.29, 0.717) is 17.9 Å². The molecule has 3 nitrogen and oxygen atoms in total. The predicted molar refractivity (Wildman–Crippen MR) is 54.2 cm³/mol. The summed E-state index contributed by atoms with van der Waals surface area (Å²) in [7, 11) is 0. The van der Waals surface area contributed by atoms with Crippen LogP contribution in [0.1, 0.15) is 12.5 Å². The summed E-state index contributed by atoms with van der Waals surface area (Å²) in [5.74, 6) is -1.04. The second-order valence-corrected chi connectivity index (χ2v) is 2.79. The lowest BCUT2D eigenvalue weighted by Crippen LogP contribution is -1.95. The maximum absolute atomic E-state index is 12.9. The molecule has 0 amide bonds. The molecule has 0 saturated carbocycles. The zero-order valence-corrected chi connectivity index (χ0v) is 8.24. The first-order chi connectivity index (χ1) is 7.13. The third kappa shape index (κ3) is 3.42. The molecule has 0 aliphatic rings. The monoisotopic (exact) mass is 210 g/mol. The van der Waals surface area contributed by atoms with Gasteiger partial charge in [0, 0.05) is 11.6 Å². The summed E-state index contributed by atoms with van der Waals surface area (Å²) in [5, 5.41) is 8.44. The lowest BCUT2D eigenvalue weighted by atomic mass is 10.2. The van der Waals surface area contributed by atoms with Gasteiger partial charge >= 0.3 is 5.97 Å². The van der Waals surface area contributed by atoms with Crippen LogP contribution in [0.15, 0.2) is 24.3 Å². The van der Waals surface area contributed by atoms with E-state index in [-0.39, 0.29) is 0 Å². The van der Waals surface area contributed by atoms with Gasteiger partial charge in [-0.1, -0.05) is 0 Å². The number of halogens is 1. The molecule has 1 aromatic rings. The van der Waals surface area contributed by atoms with Gasteiger partial charge in [0.25, 0.3) is 0 Å². The van der Waals surface area contributed by atoms with Crippen molar-refractivity contribution >= 4 is 12.0 Å². The molecule has 15 heavy (non-hydrogen) atoms. The third-order valence-corrected chi connectivity index (χ3v) is 1.68. The molecule has 0 bridgehead atoms. The van der Waals surface area contributed by atoms with Crippen LogP contribution in [0.25, 0.3) is 6.08 Å². The number of rotatable bonds is 4. The van der Waals surface area contributed by atoms with Gasteiger partial charge in [-0.2, -0.15) is 0 Å². The van der Waals surface area contributed by atoms with Crippen molar-refractivity contribution in [1.29, 1.82) is 0 Å². The standard InChI is InChI=1S/C11H11FO3/c1-2-15-10-5-4-9(12)7-8(10)3-6-11(13)14/h3-7H,2H2,1H3,(H,13,14). The van der Waals surface area contributed by atoms with Crippen molar-refractivity contribution < 1.29 is 19.0 Å². The van der Waals surface area contributed by atoms with Crippen molar-refractivity contribution in [2.45, 2.75) is 6.92 Å². The number of carboxylic acids is 1. The van der Waals surface area contributed by atoms with E-state index < -0.39 is 11.8 Å². The fraction of sp³-hybridized carbons (Fsp3) is 0.182. The minimum atomic E-state index is -1.08. The molecule has 1 aromatic carbocycles. The Morgan fingerprint density at radius 3 is 2.93 bits per heavy atom.